The number of aromatic amines is 1. The summed E-state index contributed by atoms with van der Waals surface area (Å²) in [6.45, 7) is 3.89. The molecule has 1 aromatic carbocycles. The minimum absolute atomic E-state index is 0.922. The van der Waals surface area contributed by atoms with Crippen LogP contribution >= 0.6 is 0 Å². The quantitative estimate of drug-likeness (QED) is 0.763. The van der Waals surface area contributed by atoms with Crippen molar-refractivity contribution in [2.75, 3.05) is 19.6 Å². The molecule has 0 spiro atoms. The van der Waals surface area contributed by atoms with Crippen molar-refractivity contribution < 1.29 is 0 Å². The molecule has 1 saturated heterocycles. The highest BCUT2D eigenvalue weighted by Gasteiger charge is 2.23. The fraction of sp³-hybridized carbons (Fsp3) is 0.529. The SMILES string of the molecule is c1ccc2c3c([nH]c2c1)CC[C@@H]1CCCN(CC3)C1. The molecule has 2 aromatic rings. The van der Waals surface area contributed by atoms with Crippen molar-refractivity contribution in [3.63, 3.8) is 0 Å². The van der Waals surface area contributed by atoms with Gasteiger partial charge in [0.2, 0.25) is 0 Å². The topological polar surface area (TPSA) is 19.0 Å². The first-order valence-electron chi connectivity index (χ1n) is 7.71. The summed E-state index contributed by atoms with van der Waals surface area (Å²) in [6.07, 6.45) is 6.65. The van der Waals surface area contributed by atoms with Crippen LogP contribution in [0.5, 0.6) is 0 Å². The second-order valence-corrected chi connectivity index (χ2v) is 6.23. The summed E-state index contributed by atoms with van der Waals surface area (Å²) in [6, 6.07) is 8.80. The largest absolute Gasteiger partial charge is 0.358 e. The lowest BCUT2D eigenvalue weighted by atomic mass is 9.93. The Morgan fingerprint density at radius 2 is 2.00 bits per heavy atom. The van der Waals surface area contributed by atoms with E-state index in [0.29, 0.717) is 0 Å². The van der Waals surface area contributed by atoms with Gasteiger partial charge in [-0.3, -0.25) is 0 Å². The highest BCUT2D eigenvalue weighted by Crippen LogP contribution is 2.29. The Kier molecular flexibility index (Phi) is 2.84. The highest BCUT2D eigenvalue weighted by molar-refractivity contribution is 5.84. The summed E-state index contributed by atoms with van der Waals surface area (Å²) in [4.78, 5) is 6.36. The molecule has 2 nitrogen and oxygen atoms in total. The van der Waals surface area contributed by atoms with Crippen molar-refractivity contribution in [2.24, 2.45) is 5.92 Å². The Balaban J connectivity index is 1.74. The van der Waals surface area contributed by atoms with E-state index in [-0.39, 0.29) is 0 Å². The normalized spacial score (nSPS) is 27.4. The van der Waals surface area contributed by atoms with E-state index in [1.54, 1.807) is 5.56 Å². The zero-order chi connectivity index (χ0) is 12.7. The highest BCUT2D eigenvalue weighted by atomic mass is 15.1. The molecule has 0 radical (unpaired) electrons. The number of aryl methyl sites for hydroxylation is 1. The van der Waals surface area contributed by atoms with Crippen molar-refractivity contribution in [3.05, 3.63) is 35.5 Å². The smallest absolute Gasteiger partial charge is 0.0458 e. The number of fused-ring (bicyclic) bond motifs is 5. The van der Waals surface area contributed by atoms with Crippen LogP contribution in [0.4, 0.5) is 0 Å². The number of aromatic nitrogens is 1. The molecule has 100 valence electrons. The summed E-state index contributed by atoms with van der Waals surface area (Å²) in [5, 5.41) is 1.45. The molecule has 1 unspecified atom stereocenters. The van der Waals surface area contributed by atoms with Gasteiger partial charge < -0.3 is 9.88 Å². The molecular formula is C17H22N2. The molecule has 0 aliphatic carbocycles. The molecule has 0 saturated carbocycles. The van der Waals surface area contributed by atoms with Crippen LogP contribution in [-0.4, -0.2) is 29.5 Å². The van der Waals surface area contributed by atoms with Gasteiger partial charge in [0.15, 0.2) is 0 Å². The molecule has 4 rings (SSSR count). The van der Waals surface area contributed by atoms with Crippen LogP contribution in [0.3, 0.4) is 0 Å². The van der Waals surface area contributed by atoms with Crippen LogP contribution in [0.1, 0.15) is 30.5 Å². The number of para-hydroxylation sites is 1. The number of nitrogens with one attached hydrogen (secondary N) is 1. The summed E-state index contributed by atoms with van der Waals surface area (Å²) < 4.78 is 0. The Bertz CT molecular complexity index is 584. The van der Waals surface area contributed by atoms with Gasteiger partial charge in [-0.2, -0.15) is 0 Å². The van der Waals surface area contributed by atoms with Gasteiger partial charge in [0.05, 0.1) is 0 Å². The van der Waals surface area contributed by atoms with Gasteiger partial charge in [-0.05, 0) is 56.2 Å². The van der Waals surface area contributed by atoms with Crippen molar-refractivity contribution in [3.8, 4) is 0 Å². The van der Waals surface area contributed by atoms with Crippen molar-refractivity contribution >= 4 is 10.9 Å². The maximum atomic E-state index is 3.67. The zero-order valence-corrected chi connectivity index (χ0v) is 11.5. The van der Waals surface area contributed by atoms with Crippen LogP contribution in [0, 0.1) is 5.92 Å². The number of piperidine rings is 1. The third-order valence-corrected chi connectivity index (χ3v) is 4.99. The molecule has 3 heterocycles. The summed E-state index contributed by atoms with van der Waals surface area (Å²) >= 11 is 0. The summed E-state index contributed by atoms with van der Waals surface area (Å²) in [5.41, 5.74) is 4.42. The monoisotopic (exact) mass is 254 g/mol. The van der Waals surface area contributed by atoms with Crippen LogP contribution in [-0.2, 0) is 12.8 Å². The average Bonchev–Trinajstić information content (AvgIpc) is 2.82. The van der Waals surface area contributed by atoms with E-state index in [0.717, 1.165) is 5.92 Å². The average molecular weight is 254 g/mol. The molecule has 0 amide bonds. The third kappa shape index (κ3) is 2.08. The number of benzene rings is 1. The standard InChI is InChI=1S/C17H22N2/c1-2-6-16-14(5-1)15-9-11-19-10-3-4-13(12-19)7-8-17(15)18-16/h1-2,5-6,13,18H,3-4,7-12H2/t13-/m0/s1. The first-order chi connectivity index (χ1) is 9.40. The number of rotatable bonds is 0. The van der Waals surface area contributed by atoms with Gasteiger partial charge in [-0.15, -0.1) is 0 Å². The van der Waals surface area contributed by atoms with E-state index < -0.39 is 0 Å². The maximum Gasteiger partial charge on any atom is 0.0458 e. The van der Waals surface area contributed by atoms with Crippen LogP contribution in [0.25, 0.3) is 10.9 Å². The molecule has 1 N–H and O–H groups in total. The van der Waals surface area contributed by atoms with E-state index in [1.807, 2.05) is 0 Å². The fourth-order valence-electron chi connectivity index (χ4n) is 3.96. The number of nitrogens with zero attached hydrogens (tertiary/aromatic N) is 1. The van der Waals surface area contributed by atoms with E-state index in [1.165, 1.54) is 68.3 Å². The lowest BCUT2D eigenvalue weighted by Crippen LogP contribution is -2.36. The molecule has 2 aliphatic heterocycles. The summed E-state index contributed by atoms with van der Waals surface area (Å²) in [5.74, 6) is 0.922. The van der Waals surface area contributed by atoms with E-state index >= 15 is 0 Å². The van der Waals surface area contributed by atoms with E-state index in [4.69, 9.17) is 0 Å². The van der Waals surface area contributed by atoms with Crippen LogP contribution in [0.15, 0.2) is 24.3 Å². The fourth-order valence-corrected chi connectivity index (χ4v) is 3.96. The Morgan fingerprint density at radius 3 is 3.00 bits per heavy atom. The van der Waals surface area contributed by atoms with Crippen molar-refractivity contribution in [2.45, 2.75) is 32.1 Å². The molecular weight excluding hydrogens is 232 g/mol. The molecule has 2 aliphatic rings. The first-order valence-corrected chi connectivity index (χ1v) is 7.71. The zero-order valence-electron chi connectivity index (χ0n) is 11.5. The van der Waals surface area contributed by atoms with Crippen molar-refractivity contribution in [1.82, 2.24) is 9.88 Å². The van der Waals surface area contributed by atoms with Crippen LogP contribution < -0.4 is 0 Å². The lowest BCUT2D eigenvalue weighted by Gasteiger charge is -2.31. The molecule has 2 heteroatoms. The predicted octanol–water partition coefficient (Wildman–Crippen LogP) is 3.37. The summed E-state index contributed by atoms with van der Waals surface area (Å²) in [7, 11) is 0. The Morgan fingerprint density at radius 1 is 1.05 bits per heavy atom. The van der Waals surface area contributed by atoms with E-state index in [9.17, 15) is 0 Å². The molecule has 1 aromatic heterocycles. The van der Waals surface area contributed by atoms with Crippen molar-refractivity contribution in [1.29, 1.82) is 0 Å². The van der Waals surface area contributed by atoms with Gasteiger partial charge >= 0.3 is 0 Å². The molecule has 2 bridgehead atoms. The number of hydrogen-bond donors (Lipinski definition) is 1. The second kappa shape index (κ2) is 4.68. The minimum Gasteiger partial charge on any atom is -0.358 e. The van der Waals surface area contributed by atoms with Gasteiger partial charge in [0.25, 0.3) is 0 Å². The number of hydrogen-bond acceptors (Lipinski definition) is 1. The van der Waals surface area contributed by atoms with Gasteiger partial charge in [-0.1, -0.05) is 18.2 Å². The lowest BCUT2D eigenvalue weighted by molar-refractivity contribution is 0.173. The molecule has 19 heavy (non-hydrogen) atoms. The van der Waals surface area contributed by atoms with E-state index in [2.05, 4.69) is 34.1 Å². The third-order valence-electron chi connectivity index (χ3n) is 4.99. The first kappa shape index (κ1) is 11.5. The van der Waals surface area contributed by atoms with Gasteiger partial charge in [-0.25, -0.2) is 0 Å². The van der Waals surface area contributed by atoms with Gasteiger partial charge in [0.1, 0.15) is 0 Å². The predicted molar refractivity (Wildman–Crippen MR) is 79.5 cm³/mol. The second-order valence-electron chi connectivity index (χ2n) is 6.23. The Labute approximate surface area is 114 Å². The number of H-pyrrole nitrogens is 1. The Hall–Kier alpha value is -1.28. The van der Waals surface area contributed by atoms with Gasteiger partial charge in [0, 0.05) is 29.7 Å². The maximum absolute atomic E-state index is 3.67. The minimum atomic E-state index is 0.922. The molecule has 1 fully saturated rings. The van der Waals surface area contributed by atoms with Crippen LogP contribution in [0.2, 0.25) is 0 Å². The molecule has 2 atom stereocenters.